The van der Waals surface area contributed by atoms with Crippen LogP contribution in [0.1, 0.15) is 11.8 Å². The maximum absolute atomic E-state index is 5.75. The van der Waals surface area contributed by atoms with Crippen molar-refractivity contribution in [3.8, 4) is 0 Å². The van der Waals surface area contributed by atoms with E-state index in [9.17, 15) is 0 Å². The number of ether oxygens (including phenoxy) is 2. The Labute approximate surface area is 84.0 Å². The van der Waals surface area contributed by atoms with E-state index < -0.39 is 0 Å². The van der Waals surface area contributed by atoms with Crippen molar-refractivity contribution in [2.45, 2.75) is 12.3 Å². The number of rotatable bonds is 3. The van der Waals surface area contributed by atoms with Crippen molar-refractivity contribution < 1.29 is 9.47 Å². The summed E-state index contributed by atoms with van der Waals surface area (Å²) in [5.41, 5.74) is 1.17. The molecule has 0 saturated carbocycles. The summed E-state index contributed by atoms with van der Waals surface area (Å²) in [6, 6.07) is 10.2. The highest BCUT2D eigenvalue weighted by molar-refractivity contribution is 5.17. The fourth-order valence-corrected chi connectivity index (χ4v) is 1.64. The lowest BCUT2D eigenvalue weighted by Gasteiger charge is -2.12. The summed E-state index contributed by atoms with van der Waals surface area (Å²) < 4.78 is 10.8. The van der Waals surface area contributed by atoms with Gasteiger partial charge in [-0.15, -0.1) is 0 Å². The molecule has 0 radical (unpaired) electrons. The molecule has 14 heavy (non-hydrogen) atoms. The smallest absolute Gasteiger partial charge is 0.134 e. The molecule has 3 heteroatoms. The van der Waals surface area contributed by atoms with Gasteiger partial charge in [0.25, 0.3) is 0 Å². The molecule has 1 aromatic rings. The molecule has 1 aliphatic heterocycles. The first-order valence-electron chi connectivity index (χ1n) is 4.83. The first-order valence-corrected chi connectivity index (χ1v) is 4.83. The molecule has 1 heterocycles. The summed E-state index contributed by atoms with van der Waals surface area (Å²) in [6.45, 7) is 1.50. The molecule has 1 saturated heterocycles. The van der Waals surface area contributed by atoms with Gasteiger partial charge in [0.2, 0.25) is 0 Å². The Morgan fingerprint density at radius 1 is 1.43 bits per heavy atom. The van der Waals surface area contributed by atoms with Gasteiger partial charge in [-0.3, -0.25) is 5.32 Å². The van der Waals surface area contributed by atoms with Gasteiger partial charge in [-0.2, -0.15) is 0 Å². The second-order valence-electron chi connectivity index (χ2n) is 3.41. The van der Waals surface area contributed by atoms with Gasteiger partial charge in [-0.25, -0.2) is 0 Å². The highest BCUT2D eigenvalue weighted by Gasteiger charge is 2.25. The Balaban J connectivity index is 1.96. The molecular formula is C11H15NO2. The van der Waals surface area contributed by atoms with E-state index >= 15 is 0 Å². The first-order chi connectivity index (χ1) is 6.90. The molecule has 1 aromatic carbocycles. The Morgan fingerprint density at radius 3 is 2.93 bits per heavy atom. The first kappa shape index (κ1) is 9.65. The minimum atomic E-state index is 0.0244. The SMILES string of the molecule is COCC1CNC(c2ccccc2)O1. The lowest BCUT2D eigenvalue weighted by molar-refractivity contribution is -0.00234. The van der Waals surface area contributed by atoms with E-state index in [0.717, 1.165) is 6.54 Å². The maximum Gasteiger partial charge on any atom is 0.134 e. The second kappa shape index (κ2) is 4.55. The molecule has 0 bridgehead atoms. The topological polar surface area (TPSA) is 30.5 Å². The number of hydrogen-bond acceptors (Lipinski definition) is 3. The monoisotopic (exact) mass is 193 g/mol. The number of benzene rings is 1. The van der Waals surface area contributed by atoms with Crippen molar-refractivity contribution in [3.05, 3.63) is 35.9 Å². The van der Waals surface area contributed by atoms with Crippen LogP contribution in [0.15, 0.2) is 30.3 Å². The van der Waals surface area contributed by atoms with Crippen molar-refractivity contribution in [1.29, 1.82) is 0 Å². The van der Waals surface area contributed by atoms with E-state index in [-0.39, 0.29) is 12.3 Å². The normalized spacial score (nSPS) is 26.6. The highest BCUT2D eigenvalue weighted by atomic mass is 16.6. The third-order valence-corrected chi connectivity index (χ3v) is 2.31. The zero-order valence-electron chi connectivity index (χ0n) is 8.27. The minimum absolute atomic E-state index is 0.0244. The minimum Gasteiger partial charge on any atom is -0.382 e. The van der Waals surface area contributed by atoms with Gasteiger partial charge < -0.3 is 9.47 Å². The highest BCUT2D eigenvalue weighted by Crippen LogP contribution is 2.20. The molecule has 1 aliphatic rings. The van der Waals surface area contributed by atoms with E-state index in [2.05, 4.69) is 17.4 Å². The summed E-state index contributed by atoms with van der Waals surface area (Å²) in [7, 11) is 1.69. The molecule has 2 rings (SSSR count). The van der Waals surface area contributed by atoms with Crippen molar-refractivity contribution >= 4 is 0 Å². The molecular weight excluding hydrogens is 178 g/mol. The third kappa shape index (κ3) is 2.12. The Hall–Kier alpha value is -0.900. The van der Waals surface area contributed by atoms with E-state index in [1.54, 1.807) is 7.11 Å². The predicted octanol–water partition coefficient (Wildman–Crippen LogP) is 1.32. The number of methoxy groups -OCH3 is 1. The Bertz CT molecular complexity index is 276. The quantitative estimate of drug-likeness (QED) is 0.785. The van der Waals surface area contributed by atoms with Crippen LogP contribution in [-0.2, 0) is 9.47 Å². The van der Waals surface area contributed by atoms with Crippen molar-refractivity contribution in [1.82, 2.24) is 5.32 Å². The van der Waals surface area contributed by atoms with Gasteiger partial charge in [-0.1, -0.05) is 30.3 Å². The van der Waals surface area contributed by atoms with Gasteiger partial charge in [-0.05, 0) is 5.56 Å². The van der Waals surface area contributed by atoms with Crippen LogP contribution in [0.25, 0.3) is 0 Å². The van der Waals surface area contributed by atoms with Crippen molar-refractivity contribution in [2.24, 2.45) is 0 Å². The van der Waals surface area contributed by atoms with Crippen LogP contribution in [-0.4, -0.2) is 26.4 Å². The largest absolute Gasteiger partial charge is 0.382 e. The summed E-state index contributed by atoms with van der Waals surface area (Å²) >= 11 is 0. The molecule has 3 nitrogen and oxygen atoms in total. The Kier molecular flexibility index (Phi) is 3.14. The Morgan fingerprint density at radius 2 is 2.21 bits per heavy atom. The average molecular weight is 193 g/mol. The molecule has 0 aliphatic carbocycles. The maximum atomic E-state index is 5.75. The standard InChI is InChI=1S/C11H15NO2/c1-13-8-10-7-12-11(14-10)9-5-3-2-4-6-9/h2-6,10-12H,7-8H2,1H3. The summed E-state index contributed by atoms with van der Waals surface area (Å²) in [5, 5.41) is 3.31. The van der Waals surface area contributed by atoms with Crippen LogP contribution in [0.4, 0.5) is 0 Å². The molecule has 0 amide bonds. The van der Waals surface area contributed by atoms with Crippen LogP contribution in [0.5, 0.6) is 0 Å². The van der Waals surface area contributed by atoms with E-state index in [1.165, 1.54) is 5.56 Å². The summed E-state index contributed by atoms with van der Waals surface area (Å²) in [6.07, 6.45) is 0.196. The van der Waals surface area contributed by atoms with Crippen LogP contribution < -0.4 is 5.32 Å². The molecule has 0 aromatic heterocycles. The molecule has 76 valence electrons. The van der Waals surface area contributed by atoms with Gasteiger partial charge in [0.15, 0.2) is 0 Å². The van der Waals surface area contributed by atoms with E-state index in [1.807, 2.05) is 18.2 Å². The second-order valence-corrected chi connectivity index (χ2v) is 3.41. The molecule has 0 spiro atoms. The predicted molar refractivity (Wildman–Crippen MR) is 53.9 cm³/mol. The fraction of sp³-hybridized carbons (Fsp3) is 0.455. The van der Waals surface area contributed by atoms with Gasteiger partial charge >= 0.3 is 0 Å². The van der Waals surface area contributed by atoms with Gasteiger partial charge in [0.05, 0.1) is 12.7 Å². The van der Waals surface area contributed by atoms with Crippen LogP contribution >= 0.6 is 0 Å². The molecule has 1 N–H and O–H groups in total. The van der Waals surface area contributed by atoms with E-state index in [4.69, 9.17) is 9.47 Å². The van der Waals surface area contributed by atoms with Gasteiger partial charge in [0.1, 0.15) is 6.23 Å². The molecule has 1 fully saturated rings. The third-order valence-electron chi connectivity index (χ3n) is 2.31. The van der Waals surface area contributed by atoms with Crippen LogP contribution in [0, 0.1) is 0 Å². The van der Waals surface area contributed by atoms with Gasteiger partial charge in [0, 0.05) is 13.7 Å². The fourth-order valence-electron chi connectivity index (χ4n) is 1.64. The zero-order chi connectivity index (χ0) is 9.80. The van der Waals surface area contributed by atoms with E-state index in [0.29, 0.717) is 6.61 Å². The lowest BCUT2D eigenvalue weighted by Crippen LogP contribution is -2.19. The number of hydrogen-bond donors (Lipinski definition) is 1. The van der Waals surface area contributed by atoms with Crippen LogP contribution in [0.3, 0.4) is 0 Å². The molecule has 2 atom stereocenters. The molecule has 2 unspecified atom stereocenters. The summed E-state index contributed by atoms with van der Waals surface area (Å²) in [5.74, 6) is 0. The van der Waals surface area contributed by atoms with Crippen molar-refractivity contribution in [2.75, 3.05) is 20.3 Å². The number of nitrogens with one attached hydrogen (secondary N) is 1. The van der Waals surface area contributed by atoms with Crippen molar-refractivity contribution in [3.63, 3.8) is 0 Å². The lowest BCUT2D eigenvalue weighted by atomic mass is 10.2. The zero-order valence-corrected chi connectivity index (χ0v) is 8.27. The summed E-state index contributed by atoms with van der Waals surface area (Å²) in [4.78, 5) is 0. The average Bonchev–Trinajstić information content (AvgIpc) is 2.68. The van der Waals surface area contributed by atoms with Crippen LogP contribution in [0.2, 0.25) is 0 Å².